The van der Waals surface area contributed by atoms with Crippen LogP contribution in [0.2, 0.25) is 0 Å². The van der Waals surface area contributed by atoms with Gasteiger partial charge in [0.1, 0.15) is 0 Å². The van der Waals surface area contributed by atoms with Gasteiger partial charge in [-0.25, -0.2) is 0 Å². The van der Waals surface area contributed by atoms with Gasteiger partial charge in [-0.3, -0.25) is 14.6 Å². The van der Waals surface area contributed by atoms with Crippen molar-refractivity contribution in [2.45, 2.75) is 18.8 Å². The second-order valence-corrected chi connectivity index (χ2v) is 7.06. The maximum Gasteiger partial charge on any atom is 0.228 e. The van der Waals surface area contributed by atoms with Crippen molar-refractivity contribution < 1.29 is 9.59 Å². The summed E-state index contributed by atoms with van der Waals surface area (Å²) in [4.78, 5) is 33.1. The first-order chi connectivity index (χ1) is 12.7. The van der Waals surface area contributed by atoms with E-state index in [1.807, 2.05) is 46.2 Å². The highest BCUT2D eigenvalue weighted by Crippen LogP contribution is 2.48. The molecule has 0 N–H and O–H groups in total. The molecule has 2 aliphatic rings. The lowest BCUT2D eigenvalue weighted by atomic mass is 10.1. The highest BCUT2D eigenvalue weighted by Gasteiger charge is 2.46. The van der Waals surface area contributed by atoms with Gasteiger partial charge in [-0.2, -0.15) is 0 Å². The van der Waals surface area contributed by atoms with Crippen molar-refractivity contribution in [3.63, 3.8) is 0 Å². The van der Waals surface area contributed by atoms with E-state index in [-0.39, 0.29) is 17.7 Å². The molecule has 0 spiro atoms. The van der Waals surface area contributed by atoms with E-state index >= 15 is 0 Å². The maximum atomic E-state index is 12.7. The third-order valence-electron chi connectivity index (χ3n) is 5.34. The topological polar surface area (TPSA) is 53.5 Å². The maximum absolute atomic E-state index is 12.7. The molecule has 2 heterocycles. The van der Waals surface area contributed by atoms with E-state index in [9.17, 15) is 9.59 Å². The molecule has 0 radical (unpaired) electrons. The number of rotatable bonds is 4. The van der Waals surface area contributed by atoms with Crippen molar-refractivity contribution in [1.82, 2.24) is 14.8 Å². The highest BCUT2D eigenvalue weighted by molar-refractivity contribution is 5.84. The number of aromatic nitrogens is 1. The van der Waals surface area contributed by atoms with Gasteiger partial charge in [0.2, 0.25) is 11.8 Å². The molecule has 0 bridgehead atoms. The molecule has 1 aromatic heterocycles. The Labute approximate surface area is 153 Å². The number of benzene rings is 1. The van der Waals surface area contributed by atoms with Crippen LogP contribution in [-0.4, -0.2) is 52.8 Å². The molecular formula is C21H23N3O2. The first-order valence-electron chi connectivity index (χ1n) is 9.24. The van der Waals surface area contributed by atoms with Gasteiger partial charge < -0.3 is 9.80 Å². The summed E-state index contributed by atoms with van der Waals surface area (Å²) in [7, 11) is 0. The molecule has 26 heavy (non-hydrogen) atoms. The third kappa shape index (κ3) is 3.62. The van der Waals surface area contributed by atoms with E-state index < -0.39 is 0 Å². The molecule has 2 aromatic rings. The SMILES string of the molecule is O=C(Cc1ccccn1)N1CCN(C(=O)C2CC2c2ccccc2)CC1. The van der Waals surface area contributed by atoms with Crippen LogP contribution in [0, 0.1) is 5.92 Å². The Morgan fingerprint density at radius 1 is 0.923 bits per heavy atom. The average molecular weight is 349 g/mol. The zero-order chi connectivity index (χ0) is 17.9. The van der Waals surface area contributed by atoms with Gasteiger partial charge in [0.25, 0.3) is 0 Å². The van der Waals surface area contributed by atoms with Crippen molar-refractivity contribution in [3.8, 4) is 0 Å². The lowest BCUT2D eigenvalue weighted by Crippen LogP contribution is -2.51. The van der Waals surface area contributed by atoms with Crippen LogP contribution in [0.5, 0.6) is 0 Å². The summed E-state index contributed by atoms with van der Waals surface area (Å²) >= 11 is 0. The first-order valence-corrected chi connectivity index (χ1v) is 9.24. The van der Waals surface area contributed by atoms with E-state index in [1.165, 1.54) is 5.56 Å². The molecular weight excluding hydrogens is 326 g/mol. The summed E-state index contributed by atoms with van der Waals surface area (Å²) in [6, 6.07) is 15.9. The van der Waals surface area contributed by atoms with Gasteiger partial charge in [-0.05, 0) is 30.0 Å². The third-order valence-corrected chi connectivity index (χ3v) is 5.34. The standard InChI is InChI=1S/C21H23N3O2/c25-20(14-17-8-4-5-9-22-17)23-10-12-24(13-11-23)21(26)19-15-18(19)16-6-2-1-3-7-16/h1-9,18-19H,10-15H2. The zero-order valence-corrected chi connectivity index (χ0v) is 14.8. The Hall–Kier alpha value is -2.69. The number of carbonyl (C=O) groups excluding carboxylic acids is 2. The summed E-state index contributed by atoms with van der Waals surface area (Å²) in [5, 5.41) is 0. The van der Waals surface area contributed by atoms with Crippen molar-refractivity contribution in [2.75, 3.05) is 26.2 Å². The molecule has 4 rings (SSSR count). The summed E-state index contributed by atoms with van der Waals surface area (Å²) < 4.78 is 0. The van der Waals surface area contributed by atoms with Gasteiger partial charge in [-0.1, -0.05) is 36.4 Å². The minimum absolute atomic E-state index is 0.0874. The fourth-order valence-electron chi connectivity index (χ4n) is 3.72. The van der Waals surface area contributed by atoms with Crippen LogP contribution in [0.4, 0.5) is 0 Å². The average Bonchev–Trinajstić information content (AvgIpc) is 3.50. The minimum Gasteiger partial charge on any atom is -0.339 e. The predicted octanol–water partition coefficient (Wildman–Crippen LogP) is 2.10. The lowest BCUT2D eigenvalue weighted by Gasteiger charge is -2.35. The van der Waals surface area contributed by atoms with E-state index in [1.54, 1.807) is 6.20 Å². The van der Waals surface area contributed by atoms with E-state index in [0.29, 0.717) is 38.5 Å². The Morgan fingerprint density at radius 2 is 1.62 bits per heavy atom. The van der Waals surface area contributed by atoms with E-state index in [0.717, 1.165) is 12.1 Å². The quantitative estimate of drug-likeness (QED) is 0.849. The van der Waals surface area contributed by atoms with Crippen LogP contribution in [0.1, 0.15) is 23.6 Å². The normalized spacial score (nSPS) is 22.2. The largest absolute Gasteiger partial charge is 0.339 e. The number of carbonyl (C=O) groups is 2. The number of hydrogen-bond acceptors (Lipinski definition) is 3. The Morgan fingerprint density at radius 3 is 2.31 bits per heavy atom. The van der Waals surface area contributed by atoms with Gasteiger partial charge in [0, 0.05) is 44.0 Å². The highest BCUT2D eigenvalue weighted by atomic mass is 16.2. The number of pyridine rings is 1. The Balaban J connectivity index is 1.27. The summed E-state index contributed by atoms with van der Waals surface area (Å²) in [6.07, 6.45) is 2.98. The van der Waals surface area contributed by atoms with Crippen LogP contribution >= 0.6 is 0 Å². The van der Waals surface area contributed by atoms with Gasteiger partial charge in [0.15, 0.2) is 0 Å². The van der Waals surface area contributed by atoms with Crippen molar-refractivity contribution in [3.05, 3.63) is 66.0 Å². The van der Waals surface area contributed by atoms with E-state index in [2.05, 4.69) is 17.1 Å². The number of nitrogens with zero attached hydrogens (tertiary/aromatic N) is 3. The molecule has 2 fully saturated rings. The first kappa shape index (κ1) is 16.8. The van der Waals surface area contributed by atoms with Gasteiger partial charge >= 0.3 is 0 Å². The number of hydrogen-bond donors (Lipinski definition) is 0. The fraction of sp³-hybridized carbons (Fsp3) is 0.381. The number of amides is 2. The monoisotopic (exact) mass is 349 g/mol. The molecule has 2 amide bonds. The second kappa shape index (κ2) is 7.28. The molecule has 1 aliphatic heterocycles. The smallest absolute Gasteiger partial charge is 0.228 e. The Bertz CT molecular complexity index is 770. The molecule has 2 atom stereocenters. The van der Waals surface area contributed by atoms with Crippen molar-refractivity contribution in [1.29, 1.82) is 0 Å². The fourth-order valence-corrected chi connectivity index (χ4v) is 3.72. The molecule has 1 saturated carbocycles. The summed E-state index contributed by atoms with van der Waals surface area (Å²) in [5.41, 5.74) is 2.05. The number of piperazine rings is 1. The second-order valence-electron chi connectivity index (χ2n) is 7.06. The molecule has 1 saturated heterocycles. The minimum atomic E-state index is 0.0874. The van der Waals surface area contributed by atoms with Crippen LogP contribution in [0.25, 0.3) is 0 Å². The Kier molecular flexibility index (Phi) is 4.69. The van der Waals surface area contributed by atoms with E-state index in [4.69, 9.17) is 0 Å². The molecule has 1 aliphatic carbocycles. The molecule has 2 unspecified atom stereocenters. The van der Waals surface area contributed by atoms with Crippen LogP contribution in [0.15, 0.2) is 54.7 Å². The van der Waals surface area contributed by atoms with Gasteiger partial charge in [-0.15, -0.1) is 0 Å². The van der Waals surface area contributed by atoms with Crippen LogP contribution < -0.4 is 0 Å². The van der Waals surface area contributed by atoms with Crippen LogP contribution in [-0.2, 0) is 16.0 Å². The molecule has 5 heteroatoms. The lowest BCUT2D eigenvalue weighted by molar-refractivity contribution is -0.140. The molecule has 5 nitrogen and oxygen atoms in total. The van der Waals surface area contributed by atoms with Crippen molar-refractivity contribution in [2.24, 2.45) is 5.92 Å². The zero-order valence-electron chi connectivity index (χ0n) is 14.8. The molecule has 134 valence electrons. The van der Waals surface area contributed by atoms with Gasteiger partial charge in [0.05, 0.1) is 6.42 Å². The van der Waals surface area contributed by atoms with Crippen LogP contribution in [0.3, 0.4) is 0 Å². The summed E-state index contributed by atoms with van der Waals surface area (Å²) in [5.74, 6) is 0.820. The predicted molar refractivity (Wildman–Crippen MR) is 98.4 cm³/mol. The molecule has 1 aromatic carbocycles. The summed E-state index contributed by atoms with van der Waals surface area (Å²) in [6.45, 7) is 2.48. The van der Waals surface area contributed by atoms with Crippen molar-refractivity contribution >= 4 is 11.8 Å².